The lowest BCUT2D eigenvalue weighted by molar-refractivity contribution is 0.0928. The van der Waals surface area contributed by atoms with E-state index in [9.17, 15) is 4.79 Å². The van der Waals surface area contributed by atoms with Gasteiger partial charge in [-0.15, -0.1) is 0 Å². The molecule has 0 heterocycles. The van der Waals surface area contributed by atoms with Crippen molar-refractivity contribution < 1.29 is 9.53 Å². The van der Waals surface area contributed by atoms with Crippen molar-refractivity contribution in [1.82, 2.24) is 5.32 Å². The third kappa shape index (κ3) is 4.48. The number of aryl methyl sites for hydroxylation is 1. The van der Waals surface area contributed by atoms with Gasteiger partial charge in [0.1, 0.15) is 0 Å². The molecule has 3 nitrogen and oxygen atoms in total. The van der Waals surface area contributed by atoms with Gasteiger partial charge in [0.15, 0.2) is 0 Å². The van der Waals surface area contributed by atoms with Crippen LogP contribution in [0, 0.1) is 6.92 Å². The molecule has 0 saturated heterocycles. The van der Waals surface area contributed by atoms with Crippen molar-refractivity contribution in [2.24, 2.45) is 0 Å². The first-order valence-corrected chi connectivity index (χ1v) is 6.40. The number of carbonyl (C=O) groups is 1. The Bertz CT molecular complexity index is 393. The third-order valence-corrected chi connectivity index (χ3v) is 3.19. The quantitative estimate of drug-likeness (QED) is 0.908. The highest BCUT2D eigenvalue weighted by Crippen LogP contribution is 2.18. The van der Waals surface area contributed by atoms with E-state index in [1.165, 1.54) is 0 Å². The van der Waals surface area contributed by atoms with E-state index in [0.29, 0.717) is 12.2 Å². The molecular weight excluding hydrogens is 282 g/mol. The van der Waals surface area contributed by atoms with Gasteiger partial charge < -0.3 is 10.1 Å². The van der Waals surface area contributed by atoms with E-state index >= 15 is 0 Å². The molecule has 0 spiro atoms. The molecule has 0 aromatic heterocycles. The van der Waals surface area contributed by atoms with Crippen molar-refractivity contribution >= 4 is 21.8 Å². The topological polar surface area (TPSA) is 38.3 Å². The second-order valence-corrected chi connectivity index (χ2v) is 4.99. The number of hydrogen-bond acceptors (Lipinski definition) is 2. The summed E-state index contributed by atoms with van der Waals surface area (Å²) >= 11 is 3.39. The maximum absolute atomic E-state index is 12.0. The summed E-state index contributed by atoms with van der Waals surface area (Å²) in [6, 6.07) is 5.84. The number of rotatable bonds is 5. The predicted octanol–water partition coefficient (Wildman–Crippen LogP) is 2.91. The Morgan fingerprint density at radius 2 is 2.24 bits per heavy atom. The number of halogens is 1. The van der Waals surface area contributed by atoms with Crippen molar-refractivity contribution in [1.29, 1.82) is 0 Å². The Hall–Kier alpha value is -0.870. The highest BCUT2D eigenvalue weighted by Gasteiger charge is 2.12. The van der Waals surface area contributed by atoms with Crippen LogP contribution in [0.4, 0.5) is 0 Å². The fraction of sp³-hybridized carbons (Fsp3) is 0.462. The molecule has 0 aliphatic carbocycles. The van der Waals surface area contributed by atoms with Crippen molar-refractivity contribution in [3.8, 4) is 0 Å². The minimum absolute atomic E-state index is 0.0517. The van der Waals surface area contributed by atoms with E-state index in [1.54, 1.807) is 7.11 Å². The van der Waals surface area contributed by atoms with Crippen LogP contribution in [0.2, 0.25) is 0 Å². The second kappa shape index (κ2) is 6.77. The summed E-state index contributed by atoms with van der Waals surface area (Å²) < 4.78 is 5.80. The van der Waals surface area contributed by atoms with Crippen LogP contribution in [0.15, 0.2) is 22.7 Å². The molecule has 1 rings (SSSR count). The van der Waals surface area contributed by atoms with Crippen LogP contribution in [-0.4, -0.2) is 25.7 Å². The molecule has 0 bridgehead atoms. The molecule has 1 N–H and O–H groups in total. The minimum atomic E-state index is -0.0517. The lowest BCUT2D eigenvalue weighted by atomic mass is 10.1. The molecule has 1 aromatic carbocycles. The van der Waals surface area contributed by atoms with Gasteiger partial charge in [-0.25, -0.2) is 0 Å². The summed E-state index contributed by atoms with van der Waals surface area (Å²) in [5, 5.41) is 2.95. The van der Waals surface area contributed by atoms with Crippen LogP contribution in [0.1, 0.15) is 29.3 Å². The van der Waals surface area contributed by atoms with Gasteiger partial charge in [-0.2, -0.15) is 0 Å². The maximum atomic E-state index is 12.0. The second-order valence-electron chi connectivity index (χ2n) is 4.14. The first kappa shape index (κ1) is 14.2. The van der Waals surface area contributed by atoms with Gasteiger partial charge >= 0.3 is 0 Å². The Morgan fingerprint density at radius 1 is 1.53 bits per heavy atom. The first-order valence-electron chi connectivity index (χ1n) is 5.60. The van der Waals surface area contributed by atoms with E-state index in [4.69, 9.17) is 4.74 Å². The standard InChI is InChI=1S/C13H18BrNO2/c1-9-4-5-12(14)11(8-9)13(16)15-10(2)6-7-17-3/h4-5,8,10H,6-7H2,1-3H3,(H,15,16). The van der Waals surface area contributed by atoms with E-state index in [0.717, 1.165) is 16.5 Å². The molecule has 0 aliphatic rings. The van der Waals surface area contributed by atoms with Gasteiger partial charge in [0.2, 0.25) is 0 Å². The van der Waals surface area contributed by atoms with E-state index in [-0.39, 0.29) is 11.9 Å². The Morgan fingerprint density at radius 3 is 2.88 bits per heavy atom. The summed E-state index contributed by atoms with van der Waals surface area (Å²) in [4.78, 5) is 12.0. The summed E-state index contributed by atoms with van der Waals surface area (Å²) in [6.07, 6.45) is 0.811. The van der Waals surface area contributed by atoms with E-state index in [1.807, 2.05) is 32.0 Å². The summed E-state index contributed by atoms with van der Waals surface area (Å²) in [5.74, 6) is -0.0517. The largest absolute Gasteiger partial charge is 0.385 e. The third-order valence-electron chi connectivity index (χ3n) is 2.50. The van der Waals surface area contributed by atoms with Gasteiger partial charge in [0.25, 0.3) is 5.91 Å². The number of methoxy groups -OCH3 is 1. The number of hydrogen-bond donors (Lipinski definition) is 1. The van der Waals surface area contributed by atoms with Crippen LogP contribution < -0.4 is 5.32 Å². The van der Waals surface area contributed by atoms with Gasteiger partial charge in [-0.05, 0) is 48.3 Å². The average molecular weight is 300 g/mol. The Labute approximate surface area is 111 Å². The van der Waals surface area contributed by atoms with Crippen LogP contribution in [0.25, 0.3) is 0 Å². The SMILES string of the molecule is COCCC(C)NC(=O)c1cc(C)ccc1Br. The summed E-state index contributed by atoms with van der Waals surface area (Å²) in [6.45, 7) is 4.59. The first-order chi connectivity index (χ1) is 8.04. The fourth-order valence-corrected chi connectivity index (χ4v) is 1.91. The van der Waals surface area contributed by atoms with Gasteiger partial charge in [0, 0.05) is 24.2 Å². The highest BCUT2D eigenvalue weighted by molar-refractivity contribution is 9.10. The molecule has 94 valence electrons. The molecule has 0 radical (unpaired) electrons. The van der Waals surface area contributed by atoms with Crippen LogP contribution >= 0.6 is 15.9 Å². The normalized spacial score (nSPS) is 12.2. The van der Waals surface area contributed by atoms with Crippen molar-refractivity contribution in [3.63, 3.8) is 0 Å². The van der Waals surface area contributed by atoms with Crippen LogP contribution in [0.3, 0.4) is 0 Å². The van der Waals surface area contributed by atoms with Crippen molar-refractivity contribution in [2.45, 2.75) is 26.3 Å². The number of ether oxygens (including phenoxy) is 1. The highest BCUT2D eigenvalue weighted by atomic mass is 79.9. The van der Waals surface area contributed by atoms with Crippen molar-refractivity contribution in [2.75, 3.05) is 13.7 Å². The molecule has 1 atom stereocenters. The molecule has 0 aliphatic heterocycles. The molecular formula is C13H18BrNO2. The summed E-state index contributed by atoms with van der Waals surface area (Å²) in [5.41, 5.74) is 1.75. The van der Waals surface area contributed by atoms with Crippen LogP contribution in [-0.2, 0) is 4.74 Å². The number of carbonyl (C=O) groups excluding carboxylic acids is 1. The lowest BCUT2D eigenvalue weighted by Gasteiger charge is -2.14. The fourth-order valence-electron chi connectivity index (χ4n) is 1.48. The van der Waals surface area contributed by atoms with Crippen molar-refractivity contribution in [3.05, 3.63) is 33.8 Å². The zero-order chi connectivity index (χ0) is 12.8. The van der Waals surface area contributed by atoms with Gasteiger partial charge in [-0.1, -0.05) is 11.6 Å². The monoisotopic (exact) mass is 299 g/mol. The molecule has 1 aromatic rings. The van der Waals surface area contributed by atoms with E-state index < -0.39 is 0 Å². The number of nitrogens with one attached hydrogen (secondary N) is 1. The molecule has 0 saturated carbocycles. The number of benzene rings is 1. The van der Waals surface area contributed by atoms with Crippen LogP contribution in [0.5, 0.6) is 0 Å². The lowest BCUT2D eigenvalue weighted by Crippen LogP contribution is -2.33. The average Bonchev–Trinajstić information content (AvgIpc) is 2.29. The summed E-state index contributed by atoms with van der Waals surface area (Å²) in [7, 11) is 1.66. The smallest absolute Gasteiger partial charge is 0.252 e. The maximum Gasteiger partial charge on any atom is 0.252 e. The predicted molar refractivity (Wildman–Crippen MR) is 72.3 cm³/mol. The Balaban J connectivity index is 2.66. The van der Waals surface area contributed by atoms with Gasteiger partial charge in [-0.3, -0.25) is 4.79 Å². The number of amides is 1. The zero-order valence-electron chi connectivity index (χ0n) is 10.4. The molecule has 4 heteroatoms. The zero-order valence-corrected chi connectivity index (χ0v) is 12.0. The minimum Gasteiger partial charge on any atom is -0.385 e. The molecule has 17 heavy (non-hydrogen) atoms. The van der Waals surface area contributed by atoms with Gasteiger partial charge in [0.05, 0.1) is 5.56 Å². The molecule has 1 amide bonds. The molecule has 0 fully saturated rings. The Kier molecular flexibility index (Phi) is 5.65. The molecule has 1 unspecified atom stereocenters. The van der Waals surface area contributed by atoms with E-state index in [2.05, 4.69) is 21.2 Å².